The highest BCUT2D eigenvalue weighted by Gasteiger charge is 2.35. The molecule has 0 bridgehead atoms. The Balaban J connectivity index is 1.58. The molecule has 1 aromatic heterocycles. The maximum atomic E-state index is 12.7. The van der Waals surface area contributed by atoms with Gasteiger partial charge in [0.05, 0.1) is 26.5 Å². The molecule has 0 saturated carbocycles. The van der Waals surface area contributed by atoms with Crippen molar-refractivity contribution in [1.29, 1.82) is 0 Å². The highest BCUT2D eigenvalue weighted by molar-refractivity contribution is 5.91. The molecule has 1 saturated heterocycles. The summed E-state index contributed by atoms with van der Waals surface area (Å²) < 4.78 is 16.1. The van der Waals surface area contributed by atoms with Gasteiger partial charge in [0.2, 0.25) is 0 Å². The van der Waals surface area contributed by atoms with Crippen LogP contribution in [0.2, 0.25) is 0 Å². The van der Waals surface area contributed by atoms with Gasteiger partial charge in [-0.1, -0.05) is 36.4 Å². The Morgan fingerprint density at radius 3 is 2.53 bits per heavy atom. The number of methoxy groups -OCH3 is 2. The first-order chi connectivity index (χ1) is 14.7. The number of rotatable bonds is 7. The van der Waals surface area contributed by atoms with Gasteiger partial charge in [-0.3, -0.25) is 9.69 Å². The molecule has 6 nitrogen and oxygen atoms in total. The minimum Gasteiger partial charge on any atom is -0.493 e. The molecule has 1 aliphatic heterocycles. The maximum absolute atomic E-state index is 12.7. The van der Waals surface area contributed by atoms with Gasteiger partial charge in [-0.15, -0.1) is 0 Å². The molecule has 0 spiro atoms. The van der Waals surface area contributed by atoms with Crippen molar-refractivity contribution >= 4 is 5.91 Å². The lowest BCUT2D eigenvalue weighted by molar-refractivity contribution is 0.0907. The van der Waals surface area contributed by atoms with Gasteiger partial charge in [-0.05, 0) is 35.4 Å². The number of benzene rings is 2. The summed E-state index contributed by atoms with van der Waals surface area (Å²) in [5, 5.41) is 3.17. The van der Waals surface area contributed by atoms with Crippen molar-refractivity contribution in [2.45, 2.75) is 18.5 Å². The molecule has 6 heteroatoms. The number of nitrogens with zero attached hydrogens (tertiary/aromatic N) is 1. The molecule has 2 aromatic carbocycles. The number of likely N-dealkylation sites (tertiary alicyclic amines) is 1. The maximum Gasteiger partial charge on any atom is 0.287 e. The van der Waals surface area contributed by atoms with Gasteiger partial charge in [0.25, 0.3) is 5.91 Å². The minimum absolute atomic E-state index is 0.0515. The Labute approximate surface area is 176 Å². The number of carbonyl (C=O) groups excluding carboxylic acids is 1. The van der Waals surface area contributed by atoms with Crippen LogP contribution in [0.15, 0.2) is 71.3 Å². The molecular formula is C24H26N2O4. The average Bonchev–Trinajstić information content (AvgIpc) is 3.44. The van der Waals surface area contributed by atoms with Gasteiger partial charge < -0.3 is 19.2 Å². The Bertz CT molecular complexity index is 972. The van der Waals surface area contributed by atoms with Crippen LogP contribution in [-0.2, 0) is 6.54 Å². The molecule has 1 aliphatic rings. The average molecular weight is 406 g/mol. The van der Waals surface area contributed by atoms with Crippen molar-refractivity contribution < 1.29 is 18.7 Å². The van der Waals surface area contributed by atoms with E-state index in [9.17, 15) is 4.79 Å². The third kappa shape index (κ3) is 4.33. The van der Waals surface area contributed by atoms with Crippen LogP contribution in [-0.4, -0.2) is 44.2 Å². The monoisotopic (exact) mass is 406 g/mol. The van der Waals surface area contributed by atoms with E-state index in [1.807, 2.05) is 36.4 Å². The van der Waals surface area contributed by atoms with E-state index in [1.165, 1.54) is 11.8 Å². The third-order valence-corrected chi connectivity index (χ3v) is 5.54. The fourth-order valence-electron chi connectivity index (χ4n) is 4.07. The normalized spacial score (nSPS) is 18.9. The number of hydrogen-bond acceptors (Lipinski definition) is 5. The van der Waals surface area contributed by atoms with Gasteiger partial charge in [-0.25, -0.2) is 0 Å². The van der Waals surface area contributed by atoms with Gasteiger partial charge >= 0.3 is 0 Å². The Morgan fingerprint density at radius 1 is 1.03 bits per heavy atom. The quantitative estimate of drug-likeness (QED) is 0.648. The zero-order valence-electron chi connectivity index (χ0n) is 17.2. The first-order valence-electron chi connectivity index (χ1n) is 10.0. The second kappa shape index (κ2) is 9.05. The van der Waals surface area contributed by atoms with E-state index in [0.29, 0.717) is 17.3 Å². The van der Waals surface area contributed by atoms with E-state index >= 15 is 0 Å². The molecular weight excluding hydrogens is 380 g/mol. The molecule has 2 atom stereocenters. The van der Waals surface area contributed by atoms with Crippen LogP contribution in [0.25, 0.3) is 0 Å². The van der Waals surface area contributed by atoms with Gasteiger partial charge in [-0.2, -0.15) is 0 Å². The molecule has 0 unspecified atom stereocenters. The fraction of sp³-hybridized carbons (Fsp3) is 0.292. The van der Waals surface area contributed by atoms with Crippen LogP contribution < -0.4 is 14.8 Å². The molecule has 30 heavy (non-hydrogen) atoms. The van der Waals surface area contributed by atoms with E-state index < -0.39 is 0 Å². The Morgan fingerprint density at radius 2 is 1.83 bits per heavy atom. The zero-order chi connectivity index (χ0) is 20.9. The highest BCUT2D eigenvalue weighted by Crippen LogP contribution is 2.35. The summed E-state index contributed by atoms with van der Waals surface area (Å²) in [6.07, 6.45) is 1.51. The van der Waals surface area contributed by atoms with Crippen LogP contribution in [0.5, 0.6) is 11.5 Å². The van der Waals surface area contributed by atoms with Crippen molar-refractivity contribution in [1.82, 2.24) is 10.2 Å². The number of nitrogens with one attached hydrogen (secondary N) is 1. The number of ether oxygens (including phenoxy) is 2. The van der Waals surface area contributed by atoms with E-state index in [4.69, 9.17) is 13.9 Å². The third-order valence-electron chi connectivity index (χ3n) is 5.54. The SMILES string of the molecule is COc1ccc([C@H]2CN(Cc3ccccc3)C[C@@H]2NC(=O)c2ccco2)cc1OC. The summed E-state index contributed by atoms with van der Waals surface area (Å²) in [4.78, 5) is 15.0. The standard InChI is InChI=1S/C24H26N2O4/c1-28-21-11-10-18(13-23(21)29-2)19-15-26(14-17-7-4-3-5-8-17)16-20(19)25-24(27)22-9-6-12-30-22/h3-13,19-20H,14-16H2,1-2H3,(H,25,27)/t19-,20+/m1/s1. The van der Waals surface area contributed by atoms with Gasteiger partial charge in [0.1, 0.15) is 0 Å². The molecule has 4 rings (SSSR count). The second-order valence-corrected chi connectivity index (χ2v) is 7.46. The number of furan rings is 1. The number of carbonyl (C=O) groups is 1. The lowest BCUT2D eigenvalue weighted by Crippen LogP contribution is -2.39. The fourth-order valence-corrected chi connectivity index (χ4v) is 4.07. The molecule has 3 aromatic rings. The van der Waals surface area contributed by atoms with Crippen LogP contribution in [0, 0.1) is 0 Å². The summed E-state index contributed by atoms with van der Waals surface area (Å²) in [6.45, 7) is 2.41. The van der Waals surface area contributed by atoms with E-state index in [0.717, 1.165) is 25.2 Å². The minimum atomic E-state index is -0.197. The van der Waals surface area contributed by atoms with Crippen LogP contribution in [0.1, 0.15) is 27.6 Å². The van der Waals surface area contributed by atoms with E-state index in [-0.39, 0.29) is 17.9 Å². The summed E-state index contributed by atoms with van der Waals surface area (Å²) >= 11 is 0. The molecule has 0 radical (unpaired) electrons. The van der Waals surface area contributed by atoms with Crippen molar-refractivity contribution in [3.8, 4) is 11.5 Å². The van der Waals surface area contributed by atoms with Crippen LogP contribution >= 0.6 is 0 Å². The number of amides is 1. The highest BCUT2D eigenvalue weighted by atomic mass is 16.5. The van der Waals surface area contributed by atoms with E-state index in [1.54, 1.807) is 26.4 Å². The van der Waals surface area contributed by atoms with Crippen molar-refractivity contribution in [2.75, 3.05) is 27.3 Å². The van der Waals surface area contributed by atoms with Gasteiger partial charge in [0, 0.05) is 25.6 Å². The molecule has 2 heterocycles. The molecule has 1 amide bonds. The van der Waals surface area contributed by atoms with Crippen LogP contribution in [0.3, 0.4) is 0 Å². The van der Waals surface area contributed by atoms with E-state index in [2.05, 4.69) is 22.3 Å². The topological polar surface area (TPSA) is 63.9 Å². The first-order valence-corrected chi connectivity index (χ1v) is 10.0. The summed E-state index contributed by atoms with van der Waals surface area (Å²) in [7, 11) is 3.26. The first kappa shape index (κ1) is 20.0. The molecule has 156 valence electrons. The summed E-state index contributed by atoms with van der Waals surface area (Å²) in [5.41, 5.74) is 2.36. The van der Waals surface area contributed by atoms with Gasteiger partial charge in [0.15, 0.2) is 17.3 Å². The molecule has 1 fully saturated rings. The molecule has 0 aliphatic carbocycles. The number of hydrogen-bond donors (Lipinski definition) is 1. The Hall–Kier alpha value is -3.25. The largest absolute Gasteiger partial charge is 0.493 e. The predicted molar refractivity (Wildman–Crippen MR) is 114 cm³/mol. The zero-order valence-corrected chi connectivity index (χ0v) is 17.2. The van der Waals surface area contributed by atoms with Crippen molar-refractivity contribution in [2.24, 2.45) is 0 Å². The summed E-state index contributed by atoms with van der Waals surface area (Å²) in [5.74, 6) is 1.62. The van der Waals surface area contributed by atoms with Crippen molar-refractivity contribution in [3.05, 3.63) is 83.8 Å². The summed E-state index contributed by atoms with van der Waals surface area (Å²) in [6, 6.07) is 19.7. The lowest BCUT2D eigenvalue weighted by Gasteiger charge is -2.21. The van der Waals surface area contributed by atoms with Crippen molar-refractivity contribution in [3.63, 3.8) is 0 Å². The van der Waals surface area contributed by atoms with Crippen LogP contribution in [0.4, 0.5) is 0 Å². The smallest absolute Gasteiger partial charge is 0.287 e. The lowest BCUT2D eigenvalue weighted by atomic mass is 9.93. The Kier molecular flexibility index (Phi) is 6.05. The predicted octanol–water partition coefficient (Wildman–Crippen LogP) is 3.69. The molecule has 1 N–H and O–H groups in total. The second-order valence-electron chi connectivity index (χ2n) is 7.46.